The summed E-state index contributed by atoms with van der Waals surface area (Å²) >= 11 is 0. The molecular weight excluding hydrogens is 326 g/mol. The number of hydrogen-bond acceptors (Lipinski definition) is 4. The molecule has 2 aromatic rings. The van der Waals surface area contributed by atoms with Crippen molar-refractivity contribution < 1.29 is 4.79 Å². The molecule has 0 aliphatic heterocycles. The van der Waals surface area contributed by atoms with Gasteiger partial charge in [-0.15, -0.1) is 0 Å². The lowest BCUT2D eigenvalue weighted by atomic mass is 9.93. The summed E-state index contributed by atoms with van der Waals surface area (Å²) < 4.78 is 0. The highest BCUT2D eigenvalue weighted by Gasteiger charge is 2.38. The van der Waals surface area contributed by atoms with Crippen molar-refractivity contribution >= 4 is 6.03 Å². The van der Waals surface area contributed by atoms with Gasteiger partial charge in [-0.2, -0.15) is 5.26 Å². The molecule has 0 saturated heterocycles. The first-order chi connectivity index (χ1) is 12.5. The SMILES string of the molecule is Cc1ccc(CNC(=O)NC2(c3ccnc(C#N)n3)CCCC2)cc1C. The summed E-state index contributed by atoms with van der Waals surface area (Å²) in [6.45, 7) is 4.60. The van der Waals surface area contributed by atoms with Gasteiger partial charge in [-0.05, 0) is 49.4 Å². The molecule has 6 heteroatoms. The predicted octanol–water partition coefficient (Wildman–Crippen LogP) is 3.23. The normalized spacial score (nSPS) is 15.3. The number of hydrogen-bond donors (Lipinski definition) is 2. The molecule has 0 unspecified atom stereocenters. The van der Waals surface area contributed by atoms with Crippen molar-refractivity contribution in [2.75, 3.05) is 0 Å². The molecule has 6 nitrogen and oxygen atoms in total. The first kappa shape index (κ1) is 17.9. The molecule has 1 aliphatic rings. The Balaban J connectivity index is 1.70. The number of urea groups is 1. The summed E-state index contributed by atoms with van der Waals surface area (Å²) in [6.07, 6.45) is 5.24. The molecule has 1 aliphatic carbocycles. The van der Waals surface area contributed by atoms with Gasteiger partial charge >= 0.3 is 6.03 Å². The van der Waals surface area contributed by atoms with Crippen LogP contribution in [0.3, 0.4) is 0 Å². The van der Waals surface area contributed by atoms with E-state index in [1.807, 2.05) is 12.1 Å². The van der Waals surface area contributed by atoms with Crippen LogP contribution in [0.25, 0.3) is 0 Å². The van der Waals surface area contributed by atoms with Crippen molar-refractivity contribution in [1.29, 1.82) is 5.26 Å². The summed E-state index contributed by atoms with van der Waals surface area (Å²) in [5, 5.41) is 15.1. The Hall–Kier alpha value is -2.94. The molecule has 1 aromatic carbocycles. The number of nitrogens with one attached hydrogen (secondary N) is 2. The fraction of sp³-hybridized carbons (Fsp3) is 0.400. The van der Waals surface area contributed by atoms with Gasteiger partial charge in [0.1, 0.15) is 6.07 Å². The van der Waals surface area contributed by atoms with Gasteiger partial charge in [0.15, 0.2) is 0 Å². The van der Waals surface area contributed by atoms with Gasteiger partial charge in [0.05, 0.1) is 11.2 Å². The second kappa shape index (κ2) is 7.52. The van der Waals surface area contributed by atoms with Gasteiger partial charge in [0, 0.05) is 12.7 Å². The van der Waals surface area contributed by atoms with E-state index >= 15 is 0 Å². The maximum absolute atomic E-state index is 12.5. The van der Waals surface area contributed by atoms with Gasteiger partial charge in [-0.25, -0.2) is 14.8 Å². The summed E-state index contributed by atoms with van der Waals surface area (Å²) in [7, 11) is 0. The molecule has 1 aromatic heterocycles. The summed E-state index contributed by atoms with van der Waals surface area (Å²) in [5.74, 6) is 0.131. The van der Waals surface area contributed by atoms with Crippen LogP contribution < -0.4 is 10.6 Å². The molecule has 0 spiro atoms. The topological polar surface area (TPSA) is 90.7 Å². The van der Waals surface area contributed by atoms with Crippen molar-refractivity contribution in [2.45, 2.75) is 51.6 Å². The lowest BCUT2D eigenvalue weighted by molar-refractivity contribution is 0.223. The van der Waals surface area contributed by atoms with E-state index in [1.165, 1.54) is 11.1 Å². The largest absolute Gasteiger partial charge is 0.334 e. The Kier molecular flexibility index (Phi) is 5.17. The highest BCUT2D eigenvalue weighted by atomic mass is 16.2. The molecule has 0 atom stereocenters. The standard InChI is InChI=1S/C20H23N5O/c1-14-5-6-16(11-15(14)2)13-23-19(26)25-20(8-3-4-9-20)17-7-10-22-18(12-21)24-17/h5-7,10-11H,3-4,8-9,13H2,1-2H3,(H2,23,25,26). The van der Waals surface area contributed by atoms with Gasteiger partial charge < -0.3 is 10.6 Å². The molecule has 26 heavy (non-hydrogen) atoms. The van der Waals surface area contributed by atoms with Crippen LogP contribution >= 0.6 is 0 Å². The van der Waals surface area contributed by atoms with Gasteiger partial charge in [-0.3, -0.25) is 0 Å². The zero-order valence-corrected chi connectivity index (χ0v) is 15.2. The third-order valence-electron chi connectivity index (χ3n) is 5.08. The van der Waals surface area contributed by atoms with Crippen molar-refractivity contribution in [3.05, 3.63) is 58.7 Å². The van der Waals surface area contributed by atoms with Crippen LogP contribution in [-0.4, -0.2) is 16.0 Å². The van der Waals surface area contributed by atoms with E-state index in [-0.39, 0.29) is 11.9 Å². The number of nitriles is 1. The Labute approximate surface area is 153 Å². The summed E-state index contributed by atoms with van der Waals surface area (Å²) in [6, 6.07) is 9.71. The molecule has 0 bridgehead atoms. The minimum absolute atomic E-state index is 0.131. The predicted molar refractivity (Wildman–Crippen MR) is 98.2 cm³/mol. The van der Waals surface area contributed by atoms with Crippen LogP contribution in [0.4, 0.5) is 4.79 Å². The van der Waals surface area contributed by atoms with Crippen LogP contribution in [0.2, 0.25) is 0 Å². The molecule has 1 saturated carbocycles. The van der Waals surface area contributed by atoms with Crippen LogP contribution in [0, 0.1) is 25.2 Å². The molecule has 1 fully saturated rings. The lowest BCUT2D eigenvalue weighted by Gasteiger charge is -2.29. The fourth-order valence-corrected chi connectivity index (χ4v) is 3.46. The van der Waals surface area contributed by atoms with Crippen LogP contribution in [0.5, 0.6) is 0 Å². The third kappa shape index (κ3) is 3.83. The van der Waals surface area contributed by atoms with Crippen LogP contribution in [0.15, 0.2) is 30.5 Å². The van der Waals surface area contributed by atoms with Crippen molar-refractivity contribution in [2.24, 2.45) is 0 Å². The van der Waals surface area contributed by atoms with E-state index < -0.39 is 5.54 Å². The molecular formula is C20H23N5O. The first-order valence-corrected chi connectivity index (χ1v) is 8.88. The van der Waals surface area contributed by atoms with Crippen LogP contribution in [-0.2, 0) is 12.1 Å². The number of nitrogens with zero attached hydrogens (tertiary/aromatic N) is 3. The van der Waals surface area contributed by atoms with E-state index in [0.29, 0.717) is 12.2 Å². The van der Waals surface area contributed by atoms with E-state index in [2.05, 4.69) is 46.6 Å². The molecule has 3 rings (SSSR count). The molecule has 2 amide bonds. The van der Waals surface area contributed by atoms with Gasteiger partial charge in [0.2, 0.25) is 5.82 Å². The average Bonchev–Trinajstić information content (AvgIpc) is 3.12. The highest BCUT2D eigenvalue weighted by Crippen LogP contribution is 2.37. The number of benzene rings is 1. The monoisotopic (exact) mass is 349 g/mol. The summed E-state index contributed by atoms with van der Waals surface area (Å²) in [4.78, 5) is 20.8. The minimum atomic E-state index is -0.526. The Morgan fingerprint density at radius 3 is 2.69 bits per heavy atom. The van der Waals surface area contributed by atoms with Crippen molar-refractivity contribution in [3.63, 3.8) is 0 Å². The number of aromatic nitrogens is 2. The number of carbonyl (C=O) groups excluding carboxylic acids is 1. The zero-order valence-electron chi connectivity index (χ0n) is 15.2. The number of carbonyl (C=O) groups is 1. The van der Waals surface area contributed by atoms with E-state index in [4.69, 9.17) is 5.26 Å². The third-order valence-corrected chi connectivity index (χ3v) is 5.08. The Bertz CT molecular complexity index is 850. The van der Waals surface area contributed by atoms with E-state index in [1.54, 1.807) is 12.3 Å². The van der Waals surface area contributed by atoms with Gasteiger partial charge in [0.25, 0.3) is 0 Å². The maximum atomic E-state index is 12.5. The van der Waals surface area contributed by atoms with E-state index in [0.717, 1.165) is 31.2 Å². The quantitative estimate of drug-likeness (QED) is 0.886. The molecule has 134 valence electrons. The Morgan fingerprint density at radius 2 is 2.00 bits per heavy atom. The Morgan fingerprint density at radius 1 is 1.23 bits per heavy atom. The van der Waals surface area contributed by atoms with Crippen LogP contribution in [0.1, 0.15) is 53.9 Å². The second-order valence-corrected chi connectivity index (χ2v) is 6.89. The molecule has 1 heterocycles. The lowest BCUT2D eigenvalue weighted by Crippen LogP contribution is -2.48. The molecule has 0 radical (unpaired) electrons. The van der Waals surface area contributed by atoms with E-state index in [9.17, 15) is 4.79 Å². The van der Waals surface area contributed by atoms with Crippen molar-refractivity contribution in [3.8, 4) is 6.07 Å². The zero-order chi connectivity index (χ0) is 18.6. The minimum Gasteiger partial charge on any atom is -0.334 e. The van der Waals surface area contributed by atoms with Crippen molar-refractivity contribution in [1.82, 2.24) is 20.6 Å². The summed E-state index contributed by atoms with van der Waals surface area (Å²) in [5.41, 5.74) is 3.70. The highest BCUT2D eigenvalue weighted by molar-refractivity contribution is 5.75. The number of amides is 2. The van der Waals surface area contributed by atoms with Gasteiger partial charge in [-0.1, -0.05) is 31.0 Å². The maximum Gasteiger partial charge on any atom is 0.315 e. The first-order valence-electron chi connectivity index (χ1n) is 8.88. The average molecular weight is 349 g/mol. The second-order valence-electron chi connectivity index (χ2n) is 6.89. The smallest absolute Gasteiger partial charge is 0.315 e. The molecule has 2 N–H and O–H groups in total. The number of aryl methyl sites for hydroxylation is 2. The fourth-order valence-electron chi connectivity index (χ4n) is 3.46. The number of rotatable bonds is 4.